The number of carbonyl (C=O) groups excluding carboxylic acids is 1. The Morgan fingerprint density at radius 3 is 2.88 bits per heavy atom. The van der Waals surface area contributed by atoms with Gasteiger partial charge in [-0.1, -0.05) is 11.6 Å². The van der Waals surface area contributed by atoms with Crippen molar-refractivity contribution in [3.05, 3.63) is 11.9 Å². The summed E-state index contributed by atoms with van der Waals surface area (Å²) in [6.45, 7) is 2.03. The lowest BCUT2D eigenvalue weighted by molar-refractivity contribution is -0.137. The first-order valence-electron chi connectivity index (χ1n) is 8.60. The van der Waals surface area contributed by atoms with Gasteiger partial charge in [-0.05, 0) is 37.0 Å². The molecule has 2 aliphatic heterocycles. The molecule has 8 nitrogen and oxygen atoms in total. The van der Waals surface area contributed by atoms with Crippen molar-refractivity contribution in [2.45, 2.75) is 44.7 Å². The van der Waals surface area contributed by atoms with Crippen LogP contribution in [0, 0.1) is 11.3 Å². The minimum Gasteiger partial charge on any atom is -0.480 e. The Bertz CT molecular complexity index is 652. The van der Waals surface area contributed by atoms with Crippen LogP contribution in [0.3, 0.4) is 0 Å². The highest BCUT2D eigenvalue weighted by molar-refractivity contribution is 5.92. The molecule has 1 aromatic rings. The topological polar surface area (TPSA) is 97.5 Å². The Labute approximate surface area is 139 Å². The Kier molecular flexibility index (Phi) is 3.79. The van der Waals surface area contributed by atoms with Crippen molar-refractivity contribution in [2.24, 2.45) is 11.3 Å². The number of ether oxygens (including phenoxy) is 1. The number of aromatic nitrogens is 3. The summed E-state index contributed by atoms with van der Waals surface area (Å²) < 4.78 is 6.74. The van der Waals surface area contributed by atoms with Gasteiger partial charge in [0.25, 0.3) is 5.91 Å². The van der Waals surface area contributed by atoms with Crippen molar-refractivity contribution in [3.8, 4) is 0 Å². The maximum absolute atomic E-state index is 12.9. The summed E-state index contributed by atoms with van der Waals surface area (Å²) in [6, 6.07) is 0.278. The van der Waals surface area contributed by atoms with Crippen molar-refractivity contribution < 1.29 is 19.4 Å². The molecule has 1 aromatic heterocycles. The van der Waals surface area contributed by atoms with Crippen LogP contribution in [0.25, 0.3) is 0 Å². The number of carbonyl (C=O) groups is 2. The van der Waals surface area contributed by atoms with Gasteiger partial charge in [0.15, 0.2) is 5.69 Å². The van der Waals surface area contributed by atoms with Gasteiger partial charge in [0, 0.05) is 25.8 Å². The fourth-order valence-corrected chi connectivity index (χ4v) is 4.89. The molecule has 1 aliphatic carbocycles. The maximum atomic E-state index is 12.9. The number of likely N-dealkylation sites (tertiary alicyclic amines) is 1. The fourth-order valence-electron chi connectivity index (χ4n) is 4.89. The molecule has 1 spiro atoms. The Balaban J connectivity index is 1.56. The number of carboxylic acids is 1. The predicted molar refractivity (Wildman–Crippen MR) is 82.3 cm³/mol. The zero-order chi connectivity index (χ0) is 16.7. The molecule has 0 radical (unpaired) electrons. The number of aliphatic carboxylic acids is 1. The van der Waals surface area contributed by atoms with Gasteiger partial charge in [0.1, 0.15) is 6.54 Å². The van der Waals surface area contributed by atoms with Crippen LogP contribution in [0.5, 0.6) is 0 Å². The number of rotatable bonds is 3. The first-order valence-corrected chi connectivity index (χ1v) is 8.60. The quantitative estimate of drug-likeness (QED) is 0.877. The summed E-state index contributed by atoms with van der Waals surface area (Å²) in [5.74, 6) is -0.566. The molecule has 0 bridgehead atoms. The SMILES string of the molecule is O=C(O)Cn1cc(C(=O)N2CC3(CCOCC3)[C@@H]3CCC[C@@H]32)nn1. The van der Waals surface area contributed by atoms with Crippen LogP contribution in [0.4, 0.5) is 0 Å². The molecule has 0 unspecified atom stereocenters. The molecule has 4 rings (SSSR count). The standard InChI is InChI=1S/C16H22N4O4/c21-14(22)9-19-8-12(17-18-19)15(23)20-10-16(4-6-24-7-5-16)11-2-1-3-13(11)20/h8,11,13H,1-7,9-10H2,(H,21,22)/t11-,13+/m1/s1. The average Bonchev–Trinajstić information content (AvgIpc) is 3.26. The van der Waals surface area contributed by atoms with Gasteiger partial charge < -0.3 is 14.7 Å². The highest BCUT2D eigenvalue weighted by Crippen LogP contribution is 2.53. The summed E-state index contributed by atoms with van der Waals surface area (Å²) in [6.07, 6.45) is 6.86. The minimum atomic E-state index is -1.00. The lowest BCUT2D eigenvalue weighted by Gasteiger charge is -2.37. The number of hydrogen-bond donors (Lipinski definition) is 1. The Morgan fingerprint density at radius 1 is 1.33 bits per heavy atom. The van der Waals surface area contributed by atoms with E-state index >= 15 is 0 Å². The molecule has 1 N–H and O–H groups in total. The fraction of sp³-hybridized carbons (Fsp3) is 0.750. The molecular formula is C16H22N4O4. The van der Waals surface area contributed by atoms with E-state index in [0.29, 0.717) is 5.92 Å². The molecule has 1 amide bonds. The third kappa shape index (κ3) is 2.49. The number of carboxylic acid groups (broad SMARTS) is 1. The number of fused-ring (bicyclic) bond motifs is 2. The van der Waals surface area contributed by atoms with E-state index in [1.165, 1.54) is 17.3 Å². The Morgan fingerprint density at radius 2 is 2.12 bits per heavy atom. The molecule has 1 saturated carbocycles. The molecule has 3 aliphatic rings. The van der Waals surface area contributed by atoms with E-state index in [2.05, 4.69) is 10.3 Å². The molecule has 2 saturated heterocycles. The van der Waals surface area contributed by atoms with Crippen molar-refractivity contribution in [3.63, 3.8) is 0 Å². The monoisotopic (exact) mass is 334 g/mol. The second-order valence-electron chi connectivity index (χ2n) is 7.21. The normalized spacial score (nSPS) is 28.2. The molecule has 0 aromatic carbocycles. The van der Waals surface area contributed by atoms with Crippen LogP contribution in [-0.4, -0.2) is 62.7 Å². The first-order chi connectivity index (χ1) is 11.6. The highest BCUT2D eigenvalue weighted by Gasteiger charge is 2.55. The lowest BCUT2D eigenvalue weighted by Crippen LogP contribution is -2.38. The Hall–Kier alpha value is -1.96. The summed E-state index contributed by atoms with van der Waals surface area (Å²) >= 11 is 0. The largest absolute Gasteiger partial charge is 0.480 e. The molecule has 8 heteroatoms. The van der Waals surface area contributed by atoms with Gasteiger partial charge in [-0.25, -0.2) is 4.68 Å². The molecule has 3 fully saturated rings. The van der Waals surface area contributed by atoms with Gasteiger partial charge in [0.2, 0.25) is 0 Å². The van der Waals surface area contributed by atoms with Crippen LogP contribution >= 0.6 is 0 Å². The zero-order valence-corrected chi connectivity index (χ0v) is 13.6. The molecule has 24 heavy (non-hydrogen) atoms. The van der Waals surface area contributed by atoms with Gasteiger partial charge in [0.05, 0.1) is 6.20 Å². The summed E-state index contributed by atoms with van der Waals surface area (Å²) in [4.78, 5) is 25.7. The van der Waals surface area contributed by atoms with E-state index in [1.807, 2.05) is 4.90 Å². The third-order valence-electron chi connectivity index (χ3n) is 5.96. The van der Waals surface area contributed by atoms with Gasteiger partial charge in [-0.3, -0.25) is 9.59 Å². The van der Waals surface area contributed by atoms with E-state index < -0.39 is 5.97 Å². The number of amides is 1. The number of hydrogen-bond acceptors (Lipinski definition) is 5. The van der Waals surface area contributed by atoms with E-state index in [4.69, 9.17) is 9.84 Å². The minimum absolute atomic E-state index is 0.119. The van der Waals surface area contributed by atoms with Crippen LogP contribution in [0.2, 0.25) is 0 Å². The van der Waals surface area contributed by atoms with E-state index in [9.17, 15) is 9.59 Å². The van der Waals surface area contributed by atoms with Gasteiger partial charge >= 0.3 is 5.97 Å². The first kappa shape index (κ1) is 15.6. The maximum Gasteiger partial charge on any atom is 0.325 e. The van der Waals surface area contributed by atoms with Crippen molar-refractivity contribution >= 4 is 11.9 Å². The molecular weight excluding hydrogens is 312 g/mol. The lowest BCUT2D eigenvalue weighted by atomic mass is 9.71. The number of nitrogens with zero attached hydrogens (tertiary/aromatic N) is 4. The summed E-state index contributed by atoms with van der Waals surface area (Å²) in [5.41, 5.74) is 0.428. The highest BCUT2D eigenvalue weighted by atomic mass is 16.5. The van der Waals surface area contributed by atoms with Crippen LogP contribution in [0.1, 0.15) is 42.6 Å². The van der Waals surface area contributed by atoms with Gasteiger partial charge in [-0.15, -0.1) is 5.10 Å². The average molecular weight is 334 g/mol. The predicted octanol–water partition coefficient (Wildman–Crippen LogP) is 0.784. The van der Waals surface area contributed by atoms with Crippen molar-refractivity contribution in [1.82, 2.24) is 19.9 Å². The van der Waals surface area contributed by atoms with Crippen molar-refractivity contribution in [2.75, 3.05) is 19.8 Å². The summed E-state index contributed by atoms with van der Waals surface area (Å²) in [7, 11) is 0. The molecule has 2 atom stereocenters. The molecule has 130 valence electrons. The third-order valence-corrected chi connectivity index (χ3v) is 5.96. The van der Waals surface area contributed by atoms with Gasteiger partial charge in [-0.2, -0.15) is 0 Å². The van der Waals surface area contributed by atoms with Crippen LogP contribution in [-0.2, 0) is 16.1 Å². The van der Waals surface area contributed by atoms with Crippen LogP contribution in [0.15, 0.2) is 6.20 Å². The smallest absolute Gasteiger partial charge is 0.325 e. The van der Waals surface area contributed by atoms with E-state index in [0.717, 1.165) is 45.4 Å². The van der Waals surface area contributed by atoms with E-state index in [-0.39, 0.29) is 29.6 Å². The van der Waals surface area contributed by atoms with Crippen LogP contribution < -0.4 is 0 Å². The second kappa shape index (κ2) is 5.84. The summed E-state index contributed by atoms with van der Waals surface area (Å²) in [5, 5.41) is 16.5. The molecule has 3 heterocycles. The zero-order valence-electron chi connectivity index (χ0n) is 13.6. The van der Waals surface area contributed by atoms with E-state index in [1.54, 1.807) is 0 Å². The van der Waals surface area contributed by atoms with Crippen molar-refractivity contribution in [1.29, 1.82) is 0 Å². The second-order valence-corrected chi connectivity index (χ2v) is 7.21.